The molecule has 18 heavy (non-hydrogen) atoms. The van der Waals surface area contributed by atoms with Crippen molar-refractivity contribution in [2.75, 3.05) is 33.7 Å². The molecule has 0 amide bonds. The third-order valence-corrected chi connectivity index (χ3v) is 4.59. The first kappa shape index (κ1) is 14.0. The molecule has 0 aromatic carbocycles. The van der Waals surface area contributed by atoms with Crippen molar-refractivity contribution >= 4 is 11.3 Å². The number of piperidine rings is 1. The van der Waals surface area contributed by atoms with Crippen molar-refractivity contribution in [2.45, 2.75) is 31.9 Å². The molecule has 102 valence electrons. The zero-order valence-corrected chi connectivity index (χ0v) is 12.5. The number of hydrogen-bond acceptors (Lipinski definition) is 4. The fraction of sp³-hybridized carbons (Fsp3) is 0.714. The van der Waals surface area contributed by atoms with Crippen molar-refractivity contribution in [3.63, 3.8) is 0 Å². The lowest BCUT2D eigenvalue weighted by atomic mass is 9.92. The first-order valence-electron chi connectivity index (χ1n) is 6.61. The van der Waals surface area contributed by atoms with Crippen LogP contribution in [-0.4, -0.2) is 54.2 Å². The van der Waals surface area contributed by atoms with Crippen LogP contribution in [0.5, 0.6) is 0 Å². The Morgan fingerprint density at radius 1 is 1.50 bits per heavy atom. The lowest BCUT2D eigenvalue weighted by Crippen LogP contribution is -2.52. The van der Waals surface area contributed by atoms with Gasteiger partial charge in [-0.1, -0.05) is 0 Å². The molecule has 1 aliphatic rings. The van der Waals surface area contributed by atoms with Gasteiger partial charge in [0.2, 0.25) is 0 Å². The predicted molar refractivity (Wildman–Crippen MR) is 77.1 cm³/mol. The minimum absolute atomic E-state index is 0.535. The second kappa shape index (κ2) is 5.70. The molecule has 1 aromatic heterocycles. The Morgan fingerprint density at radius 2 is 2.28 bits per heavy atom. The maximum absolute atomic E-state index is 10.6. The van der Waals surface area contributed by atoms with Crippen LogP contribution in [0.1, 0.15) is 23.3 Å². The molecule has 0 saturated carbocycles. The maximum atomic E-state index is 10.6. The largest absolute Gasteiger partial charge is 0.387 e. The summed E-state index contributed by atoms with van der Waals surface area (Å²) in [5, 5.41) is 12.8. The summed E-state index contributed by atoms with van der Waals surface area (Å²) in [6.07, 6.45) is 2.01. The Balaban J connectivity index is 1.96. The lowest BCUT2D eigenvalue weighted by molar-refractivity contribution is -0.0478. The van der Waals surface area contributed by atoms with Crippen LogP contribution in [0.15, 0.2) is 11.4 Å². The van der Waals surface area contributed by atoms with Gasteiger partial charge in [0.05, 0.1) is 5.60 Å². The molecule has 1 aromatic rings. The molecular weight excluding hydrogens is 244 g/mol. The number of thiophene rings is 1. The molecule has 0 spiro atoms. The molecule has 0 aliphatic carbocycles. The van der Waals surface area contributed by atoms with Gasteiger partial charge in [0, 0.05) is 24.5 Å². The third kappa shape index (κ3) is 3.54. The highest BCUT2D eigenvalue weighted by Crippen LogP contribution is 2.25. The molecule has 1 saturated heterocycles. The maximum Gasteiger partial charge on any atom is 0.0900 e. The van der Waals surface area contributed by atoms with Crippen LogP contribution in [0.25, 0.3) is 0 Å². The average Bonchev–Trinajstić information content (AvgIpc) is 2.62. The van der Waals surface area contributed by atoms with Gasteiger partial charge in [-0.15, -0.1) is 11.3 Å². The summed E-state index contributed by atoms with van der Waals surface area (Å²) in [5.41, 5.74) is 0.842. The first-order valence-corrected chi connectivity index (χ1v) is 7.49. The Bertz CT molecular complexity index is 391. The Labute approximate surface area is 114 Å². The van der Waals surface area contributed by atoms with Crippen LogP contribution in [0.3, 0.4) is 0 Å². The molecule has 1 aliphatic heterocycles. The summed E-state index contributed by atoms with van der Waals surface area (Å²) >= 11 is 1.82. The molecular formula is C14H24N2OS. The van der Waals surface area contributed by atoms with Gasteiger partial charge in [-0.2, -0.15) is 0 Å². The minimum Gasteiger partial charge on any atom is -0.387 e. The monoisotopic (exact) mass is 268 g/mol. The zero-order valence-electron chi connectivity index (χ0n) is 11.6. The molecule has 1 N–H and O–H groups in total. The average molecular weight is 268 g/mol. The van der Waals surface area contributed by atoms with Gasteiger partial charge in [-0.3, -0.25) is 4.90 Å². The Hall–Kier alpha value is -0.420. The standard InChI is InChI=1S/C14H24N2OS/c1-12-5-8-18-13(12)9-16-7-4-6-14(17,11-16)10-15(2)3/h5,8,17H,4,6-7,9-11H2,1-3H3/t14-/m0/s1. The molecule has 1 atom stereocenters. The Kier molecular flexibility index (Phi) is 4.43. The van der Waals surface area contributed by atoms with E-state index in [0.717, 1.165) is 39.0 Å². The smallest absolute Gasteiger partial charge is 0.0900 e. The molecule has 0 unspecified atom stereocenters. The summed E-state index contributed by atoms with van der Waals surface area (Å²) in [7, 11) is 4.06. The van der Waals surface area contributed by atoms with Crippen LogP contribution in [0.2, 0.25) is 0 Å². The van der Waals surface area contributed by atoms with Crippen LogP contribution >= 0.6 is 11.3 Å². The lowest BCUT2D eigenvalue weighted by Gasteiger charge is -2.40. The van der Waals surface area contributed by atoms with Gasteiger partial charge < -0.3 is 10.0 Å². The Morgan fingerprint density at radius 3 is 2.89 bits per heavy atom. The second-order valence-corrected chi connectivity index (χ2v) is 6.80. The minimum atomic E-state index is -0.535. The molecule has 0 bridgehead atoms. The van der Waals surface area contributed by atoms with Gasteiger partial charge in [-0.05, 0) is 57.4 Å². The van der Waals surface area contributed by atoms with Crippen LogP contribution in [0.4, 0.5) is 0 Å². The van der Waals surface area contributed by atoms with Crippen molar-refractivity contribution in [3.05, 3.63) is 21.9 Å². The topological polar surface area (TPSA) is 26.7 Å². The molecule has 4 heteroatoms. The van der Waals surface area contributed by atoms with E-state index in [0.29, 0.717) is 0 Å². The molecule has 1 fully saturated rings. The zero-order chi connectivity index (χ0) is 13.2. The van der Waals surface area contributed by atoms with Crippen molar-refractivity contribution in [1.82, 2.24) is 9.80 Å². The van der Waals surface area contributed by atoms with Crippen LogP contribution < -0.4 is 0 Å². The normalized spacial score (nSPS) is 25.8. The molecule has 2 rings (SSSR count). The number of nitrogens with zero attached hydrogens (tertiary/aromatic N) is 2. The summed E-state index contributed by atoms with van der Waals surface area (Å²) in [5.74, 6) is 0. The number of β-amino-alcohol motifs (C(OH)–C–C–N with tert-alkyl or cyclic N) is 1. The number of aryl methyl sites for hydroxylation is 1. The van der Waals surface area contributed by atoms with Gasteiger partial charge >= 0.3 is 0 Å². The highest BCUT2D eigenvalue weighted by molar-refractivity contribution is 7.10. The molecule has 3 nitrogen and oxygen atoms in total. The first-order chi connectivity index (χ1) is 8.48. The van der Waals surface area contributed by atoms with E-state index in [2.05, 4.69) is 28.2 Å². The van der Waals surface area contributed by atoms with Crippen LogP contribution in [0, 0.1) is 6.92 Å². The van der Waals surface area contributed by atoms with Crippen molar-refractivity contribution in [2.24, 2.45) is 0 Å². The summed E-state index contributed by atoms with van der Waals surface area (Å²) in [6, 6.07) is 2.18. The second-order valence-electron chi connectivity index (χ2n) is 5.80. The van der Waals surface area contributed by atoms with E-state index in [1.54, 1.807) is 0 Å². The van der Waals surface area contributed by atoms with E-state index < -0.39 is 5.60 Å². The number of likely N-dealkylation sites (tertiary alicyclic amines) is 1. The van der Waals surface area contributed by atoms with E-state index in [1.165, 1.54) is 10.4 Å². The van der Waals surface area contributed by atoms with Crippen molar-refractivity contribution in [3.8, 4) is 0 Å². The summed E-state index contributed by atoms with van der Waals surface area (Å²) in [4.78, 5) is 5.91. The summed E-state index contributed by atoms with van der Waals surface area (Å²) in [6.45, 7) is 5.81. The highest BCUT2D eigenvalue weighted by atomic mass is 32.1. The number of aliphatic hydroxyl groups is 1. The number of rotatable bonds is 4. The van der Waals surface area contributed by atoms with E-state index in [-0.39, 0.29) is 0 Å². The predicted octanol–water partition coefficient (Wildman–Crippen LogP) is 1.95. The van der Waals surface area contributed by atoms with Crippen molar-refractivity contribution < 1.29 is 5.11 Å². The summed E-state index contributed by atoms with van der Waals surface area (Å²) < 4.78 is 0. The van der Waals surface area contributed by atoms with Gasteiger partial charge in [-0.25, -0.2) is 0 Å². The quantitative estimate of drug-likeness (QED) is 0.904. The third-order valence-electron chi connectivity index (χ3n) is 3.58. The highest BCUT2D eigenvalue weighted by Gasteiger charge is 2.33. The fourth-order valence-electron chi connectivity index (χ4n) is 2.83. The molecule has 2 heterocycles. The fourth-order valence-corrected chi connectivity index (χ4v) is 3.78. The van der Waals surface area contributed by atoms with E-state index in [4.69, 9.17) is 0 Å². The van der Waals surface area contributed by atoms with Gasteiger partial charge in [0.25, 0.3) is 0 Å². The SMILES string of the molecule is Cc1ccsc1CN1CCC[C@](O)(CN(C)C)C1. The van der Waals surface area contributed by atoms with Gasteiger partial charge in [0.1, 0.15) is 0 Å². The van der Waals surface area contributed by atoms with E-state index in [1.807, 2.05) is 25.4 Å². The van der Waals surface area contributed by atoms with Crippen LogP contribution in [-0.2, 0) is 6.54 Å². The van der Waals surface area contributed by atoms with Gasteiger partial charge in [0.15, 0.2) is 0 Å². The van der Waals surface area contributed by atoms with E-state index in [9.17, 15) is 5.11 Å². The van der Waals surface area contributed by atoms with Crippen molar-refractivity contribution in [1.29, 1.82) is 0 Å². The number of hydrogen-bond donors (Lipinski definition) is 1. The van der Waals surface area contributed by atoms with E-state index >= 15 is 0 Å². The molecule has 0 radical (unpaired) electrons. The number of likely N-dealkylation sites (N-methyl/N-ethyl adjacent to an activating group) is 1.